The first-order valence-electron chi connectivity index (χ1n) is 6.84. The highest BCUT2D eigenvalue weighted by Crippen LogP contribution is 2.22. The lowest BCUT2D eigenvalue weighted by Gasteiger charge is -2.25. The highest BCUT2D eigenvalue weighted by molar-refractivity contribution is 7.80. The van der Waals surface area contributed by atoms with Crippen LogP contribution in [0.15, 0.2) is 12.1 Å². The minimum Gasteiger partial charge on any atom is -0.389 e. The van der Waals surface area contributed by atoms with E-state index < -0.39 is 0 Å². The van der Waals surface area contributed by atoms with Crippen LogP contribution in [-0.4, -0.2) is 16.5 Å². The third-order valence-electron chi connectivity index (χ3n) is 3.52. The van der Waals surface area contributed by atoms with E-state index >= 15 is 0 Å². The minimum atomic E-state index is 0.389. The van der Waals surface area contributed by atoms with Gasteiger partial charge in [-0.1, -0.05) is 39.9 Å². The number of anilines is 1. The minimum absolute atomic E-state index is 0.389. The molecule has 1 rings (SSSR count). The monoisotopic (exact) mass is 279 g/mol. The number of nitrogens with one attached hydrogen (secondary N) is 1. The normalized spacial score (nSPS) is 11.4. The molecule has 0 aliphatic rings. The van der Waals surface area contributed by atoms with Crippen LogP contribution in [0.25, 0.3) is 0 Å². The zero-order valence-electron chi connectivity index (χ0n) is 12.5. The van der Waals surface area contributed by atoms with Gasteiger partial charge in [0, 0.05) is 12.2 Å². The maximum absolute atomic E-state index is 5.74. The van der Waals surface area contributed by atoms with E-state index in [1.807, 2.05) is 19.1 Å². The van der Waals surface area contributed by atoms with Gasteiger partial charge in [0.05, 0.1) is 5.56 Å². The van der Waals surface area contributed by atoms with Crippen LogP contribution in [0.3, 0.4) is 0 Å². The van der Waals surface area contributed by atoms with Crippen molar-refractivity contribution >= 4 is 23.0 Å². The van der Waals surface area contributed by atoms with Crippen molar-refractivity contribution in [2.24, 2.45) is 23.5 Å². The van der Waals surface area contributed by atoms with E-state index in [9.17, 15) is 0 Å². The van der Waals surface area contributed by atoms with E-state index in [0.29, 0.717) is 22.7 Å². The second-order valence-electron chi connectivity index (χ2n) is 5.75. The molecule has 0 aromatic carbocycles. The first-order chi connectivity index (χ1) is 8.82. The van der Waals surface area contributed by atoms with Crippen molar-refractivity contribution in [2.45, 2.75) is 34.6 Å². The molecule has 3 N–H and O–H groups in total. The van der Waals surface area contributed by atoms with Gasteiger partial charge < -0.3 is 11.1 Å². The summed E-state index contributed by atoms with van der Waals surface area (Å²) in [6, 6.07) is 3.87. The van der Waals surface area contributed by atoms with Crippen LogP contribution in [0.5, 0.6) is 0 Å². The van der Waals surface area contributed by atoms with E-state index in [1.165, 1.54) is 0 Å². The molecule has 19 heavy (non-hydrogen) atoms. The molecule has 0 radical (unpaired) electrons. The molecule has 0 atom stereocenters. The average molecular weight is 279 g/mol. The van der Waals surface area contributed by atoms with Crippen LogP contribution in [-0.2, 0) is 0 Å². The molecular weight excluding hydrogens is 254 g/mol. The lowest BCUT2D eigenvalue weighted by molar-refractivity contribution is 0.304. The Morgan fingerprint density at radius 2 is 1.84 bits per heavy atom. The van der Waals surface area contributed by atoms with Gasteiger partial charge >= 0.3 is 0 Å². The van der Waals surface area contributed by atoms with Crippen LogP contribution >= 0.6 is 12.2 Å². The largest absolute Gasteiger partial charge is 0.389 e. The summed E-state index contributed by atoms with van der Waals surface area (Å²) >= 11 is 5.07. The predicted molar refractivity (Wildman–Crippen MR) is 86.5 cm³/mol. The fraction of sp³-hybridized carbons (Fsp3) is 0.600. The second-order valence-corrected chi connectivity index (χ2v) is 6.19. The van der Waals surface area contributed by atoms with E-state index in [0.717, 1.165) is 23.6 Å². The zero-order chi connectivity index (χ0) is 14.6. The molecule has 0 saturated heterocycles. The van der Waals surface area contributed by atoms with Crippen molar-refractivity contribution in [3.8, 4) is 0 Å². The Bertz CT molecular complexity index is 433. The van der Waals surface area contributed by atoms with Crippen molar-refractivity contribution < 1.29 is 0 Å². The third kappa shape index (κ3) is 4.46. The highest BCUT2D eigenvalue weighted by atomic mass is 32.1. The number of pyridine rings is 1. The number of aryl methyl sites for hydroxylation is 1. The van der Waals surface area contributed by atoms with Gasteiger partial charge in [0.15, 0.2) is 0 Å². The summed E-state index contributed by atoms with van der Waals surface area (Å²) in [7, 11) is 0. The molecule has 0 fully saturated rings. The highest BCUT2D eigenvalue weighted by Gasteiger charge is 2.18. The van der Waals surface area contributed by atoms with Gasteiger partial charge in [-0.05, 0) is 36.8 Å². The molecule has 0 amide bonds. The first-order valence-corrected chi connectivity index (χ1v) is 7.25. The van der Waals surface area contributed by atoms with Gasteiger partial charge in [-0.25, -0.2) is 4.98 Å². The molecule has 0 bridgehead atoms. The molecule has 106 valence electrons. The van der Waals surface area contributed by atoms with Gasteiger partial charge in [-0.3, -0.25) is 0 Å². The van der Waals surface area contributed by atoms with Gasteiger partial charge in [0.25, 0.3) is 0 Å². The molecule has 0 aliphatic heterocycles. The summed E-state index contributed by atoms with van der Waals surface area (Å²) < 4.78 is 0. The Morgan fingerprint density at radius 3 is 2.32 bits per heavy atom. The number of nitrogens with two attached hydrogens (primary N) is 1. The SMILES string of the molecule is Cc1ccc(C(N)=S)c(NCC(C(C)C)C(C)C)n1. The molecule has 4 heteroatoms. The first kappa shape index (κ1) is 15.9. The molecule has 1 aromatic rings. The standard InChI is InChI=1S/C15H25N3S/c1-9(2)13(10(3)4)8-17-15-12(14(16)19)7-6-11(5)18-15/h6-7,9-10,13H,8H2,1-5H3,(H2,16,19)(H,17,18). The molecule has 1 heterocycles. The Hall–Kier alpha value is -1.16. The van der Waals surface area contributed by atoms with E-state index in [1.54, 1.807) is 0 Å². The van der Waals surface area contributed by atoms with Crippen molar-refractivity contribution in [2.75, 3.05) is 11.9 Å². The van der Waals surface area contributed by atoms with Crippen LogP contribution < -0.4 is 11.1 Å². The number of rotatable bonds is 6. The fourth-order valence-corrected chi connectivity index (χ4v) is 2.51. The quantitative estimate of drug-likeness (QED) is 0.784. The van der Waals surface area contributed by atoms with Crippen LogP contribution in [0, 0.1) is 24.7 Å². The molecule has 0 unspecified atom stereocenters. The van der Waals surface area contributed by atoms with Crippen molar-refractivity contribution in [3.63, 3.8) is 0 Å². The van der Waals surface area contributed by atoms with E-state index in [4.69, 9.17) is 18.0 Å². The van der Waals surface area contributed by atoms with Gasteiger partial charge in [-0.2, -0.15) is 0 Å². The maximum Gasteiger partial charge on any atom is 0.136 e. The van der Waals surface area contributed by atoms with Gasteiger partial charge in [-0.15, -0.1) is 0 Å². The van der Waals surface area contributed by atoms with Gasteiger partial charge in [0.1, 0.15) is 10.8 Å². The second kappa shape index (κ2) is 6.85. The zero-order valence-corrected chi connectivity index (χ0v) is 13.3. The smallest absolute Gasteiger partial charge is 0.136 e. The summed E-state index contributed by atoms with van der Waals surface area (Å²) in [5.74, 6) is 2.66. The van der Waals surface area contributed by atoms with Crippen LogP contribution in [0.4, 0.5) is 5.82 Å². The van der Waals surface area contributed by atoms with Crippen molar-refractivity contribution in [1.29, 1.82) is 0 Å². The fourth-order valence-electron chi connectivity index (χ4n) is 2.35. The summed E-state index contributed by atoms with van der Waals surface area (Å²) in [6.07, 6.45) is 0. The van der Waals surface area contributed by atoms with Crippen molar-refractivity contribution in [1.82, 2.24) is 4.98 Å². The number of aromatic nitrogens is 1. The molecule has 0 spiro atoms. The molecule has 0 saturated carbocycles. The summed E-state index contributed by atoms with van der Waals surface area (Å²) in [4.78, 5) is 4.90. The number of hydrogen-bond acceptors (Lipinski definition) is 3. The average Bonchev–Trinajstić information content (AvgIpc) is 2.27. The lowest BCUT2D eigenvalue weighted by atomic mass is 9.85. The Labute approximate surface area is 122 Å². The topological polar surface area (TPSA) is 50.9 Å². The summed E-state index contributed by atoms with van der Waals surface area (Å²) in [6.45, 7) is 11.9. The van der Waals surface area contributed by atoms with Crippen LogP contribution in [0.1, 0.15) is 39.0 Å². The maximum atomic E-state index is 5.74. The van der Waals surface area contributed by atoms with E-state index in [2.05, 4.69) is 38.0 Å². The predicted octanol–water partition coefficient (Wildman–Crippen LogP) is 3.36. The van der Waals surface area contributed by atoms with Crippen molar-refractivity contribution in [3.05, 3.63) is 23.4 Å². The molecule has 3 nitrogen and oxygen atoms in total. The molecule has 0 aliphatic carbocycles. The van der Waals surface area contributed by atoms with E-state index in [-0.39, 0.29) is 0 Å². The summed E-state index contributed by atoms with van der Waals surface area (Å²) in [5.41, 5.74) is 7.53. The Morgan fingerprint density at radius 1 is 1.26 bits per heavy atom. The summed E-state index contributed by atoms with van der Waals surface area (Å²) in [5, 5.41) is 3.42. The number of hydrogen-bond donors (Lipinski definition) is 2. The number of nitrogens with zero attached hydrogens (tertiary/aromatic N) is 1. The Kier molecular flexibility index (Phi) is 5.73. The lowest BCUT2D eigenvalue weighted by Crippen LogP contribution is -2.26. The molecular formula is C15H25N3S. The van der Waals surface area contributed by atoms with Gasteiger partial charge in [0.2, 0.25) is 0 Å². The third-order valence-corrected chi connectivity index (χ3v) is 3.74. The number of thiocarbonyl (C=S) groups is 1. The Balaban J connectivity index is 2.87. The molecule has 1 aromatic heterocycles. The van der Waals surface area contributed by atoms with Crippen LogP contribution in [0.2, 0.25) is 0 Å².